The van der Waals surface area contributed by atoms with Crippen molar-refractivity contribution in [3.8, 4) is 5.75 Å². The summed E-state index contributed by atoms with van der Waals surface area (Å²) in [4.78, 5) is 43.3. The van der Waals surface area contributed by atoms with Crippen molar-refractivity contribution < 1.29 is 18.7 Å². The van der Waals surface area contributed by atoms with Crippen LogP contribution < -0.4 is 15.5 Å². The minimum absolute atomic E-state index is 0.148. The Bertz CT molecular complexity index is 1480. The van der Waals surface area contributed by atoms with Crippen molar-refractivity contribution in [2.75, 3.05) is 12.4 Å². The van der Waals surface area contributed by atoms with Crippen LogP contribution in [0.2, 0.25) is 5.02 Å². The molecule has 0 bridgehead atoms. The number of ether oxygens (including phenoxy) is 1. The minimum Gasteiger partial charge on any atom is -0.495 e. The third kappa shape index (κ3) is 4.67. The van der Waals surface area contributed by atoms with Gasteiger partial charge in [-0.2, -0.15) is 0 Å². The quantitative estimate of drug-likeness (QED) is 0.414. The van der Waals surface area contributed by atoms with Crippen LogP contribution in [0.25, 0.3) is 11.0 Å². The van der Waals surface area contributed by atoms with Crippen LogP contribution in [-0.4, -0.2) is 28.4 Å². The summed E-state index contributed by atoms with van der Waals surface area (Å²) in [7, 11) is 1.49. The Labute approximate surface area is 198 Å². The van der Waals surface area contributed by atoms with Crippen LogP contribution in [0.1, 0.15) is 21.6 Å². The van der Waals surface area contributed by atoms with Crippen LogP contribution >= 0.6 is 11.6 Å². The molecule has 4 rings (SSSR count). The number of ketones is 1. The highest BCUT2D eigenvalue weighted by atomic mass is 35.5. The molecule has 0 spiro atoms. The molecule has 2 heterocycles. The molecule has 0 saturated heterocycles. The first-order valence-electron chi connectivity index (χ1n) is 10.2. The highest BCUT2D eigenvalue weighted by Crippen LogP contribution is 2.27. The first-order valence-corrected chi connectivity index (χ1v) is 10.6. The number of benzene rings is 2. The number of anilines is 1. The summed E-state index contributed by atoms with van der Waals surface area (Å²) in [6.07, 6.45) is 1.31. The van der Waals surface area contributed by atoms with E-state index in [1.165, 1.54) is 30.0 Å². The molecule has 0 saturated carbocycles. The maximum absolute atomic E-state index is 13.3. The van der Waals surface area contributed by atoms with Crippen molar-refractivity contribution in [1.29, 1.82) is 0 Å². The smallest absolute Gasteiger partial charge is 0.244 e. The van der Waals surface area contributed by atoms with Crippen molar-refractivity contribution in [1.82, 2.24) is 9.55 Å². The Kier molecular flexibility index (Phi) is 6.43. The van der Waals surface area contributed by atoms with E-state index >= 15 is 0 Å². The molecule has 0 radical (unpaired) electrons. The molecule has 34 heavy (non-hydrogen) atoms. The summed E-state index contributed by atoms with van der Waals surface area (Å²) < 4.78 is 19.8. The first-order chi connectivity index (χ1) is 16.3. The fraction of sp³-hybridized carbons (Fsp3) is 0.120. The number of pyridine rings is 2. The molecular formula is C25H19ClFN3O4. The van der Waals surface area contributed by atoms with Gasteiger partial charge in [0.05, 0.1) is 23.1 Å². The molecule has 9 heteroatoms. The molecule has 2 aromatic heterocycles. The number of amides is 1. The minimum atomic E-state index is -0.580. The average molecular weight is 480 g/mol. The fourth-order valence-corrected chi connectivity index (χ4v) is 3.76. The van der Waals surface area contributed by atoms with E-state index in [-0.39, 0.29) is 28.7 Å². The molecule has 0 atom stereocenters. The lowest BCUT2D eigenvalue weighted by Crippen LogP contribution is -2.25. The van der Waals surface area contributed by atoms with Crippen LogP contribution in [0.5, 0.6) is 5.75 Å². The Morgan fingerprint density at radius 1 is 1.12 bits per heavy atom. The van der Waals surface area contributed by atoms with Crippen LogP contribution in [0.15, 0.2) is 65.6 Å². The van der Waals surface area contributed by atoms with E-state index in [1.807, 2.05) is 0 Å². The van der Waals surface area contributed by atoms with Gasteiger partial charge in [-0.1, -0.05) is 11.6 Å². The van der Waals surface area contributed by atoms with Gasteiger partial charge in [0.15, 0.2) is 5.78 Å². The number of halogens is 2. The van der Waals surface area contributed by atoms with Crippen LogP contribution in [0, 0.1) is 12.7 Å². The summed E-state index contributed by atoms with van der Waals surface area (Å²) >= 11 is 6.12. The molecule has 7 nitrogen and oxygen atoms in total. The zero-order chi connectivity index (χ0) is 24.4. The normalized spacial score (nSPS) is 10.8. The largest absolute Gasteiger partial charge is 0.495 e. The van der Waals surface area contributed by atoms with Crippen LogP contribution in [-0.2, 0) is 11.3 Å². The molecule has 1 amide bonds. The molecule has 0 aliphatic heterocycles. The SMILES string of the molecule is COc1ccc(NC(=O)Cn2cc(C(=O)c3ccc(F)cc3)c(=O)c3ccc(C)nc32)cc1Cl. The lowest BCUT2D eigenvalue weighted by Gasteiger charge is -2.14. The summed E-state index contributed by atoms with van der Waals surface area (Å²) in [5.41, 5.74) is 0.847. The van der Waals surface area contributed by atoms with Gasteiger partial charge < -0.3 is 14.6 Å². The van der Waals surface area contributed by atoms with Crippen molar-refractivity contribution in [2.45, 2.75) is 13.5 Å². The average Bonchev–Trinajstić information content (AvgIpc) is 2.81. The van der Waals surface area contributed by atoms with Gasteiger partial charge in [0.25, 0.3) is 0 Å². The number of hydrogen-bond acceptors (Lipinski definition) is 5. The second kappa shape index (κ2) is 9.44. The molecule has 1 N–H and O–H groups in total. The number of nitrogens with one attached hydrogen (secondary N) is 1. The maximum Gasteiger partial charge on any atom is 0.244 e. The Hall–Kier alpha value is -4.04. The van der Waals surface area contributed by atoms with Gasteiger partial charge in [0.2, 0.25) is 11.3 Å². The van der Waals surface area contributed by atoms with Gasteiger partial charge in [0.1, 0.15) is 23.8 Å². The van der Waals surface area contributed by atoms with Crippen molar-refractivity contribution in [3.63, 3.8) is 0 Å². The second-order valence-electron chi connectivity index (χ2n) is 7.56. The number of aromatic nitrogens is 2. The number of fused-ring (bicyclic) bond motifs is 1. The molecule has 4 aromatic rings. The number of rotatable bonds is 6. The first kappa shape index (κ1) is 23.1. The highest BCUT2D eigenvalue weighted by molar-refractivity contribution is 6.32. The Morgan fingerprint density at radius 2 is 1.85 bits per heavy atom. The van der Waals surface area contributed by atoms with Gasteiger partial charge in [0, 0.05) is 23.1 Å². The fourth-order valence-electron chi connectivity index (χ4n) is 3.50. The van der Waals surface area contributed by atoms with E-state index in [0.717, 1.165) is 12.1 Å². The van der Waals surface area contributed by atoms with Gasteiger partial charge in [-0.05, 0) is 61.5 Å². The maximum atomic E-state index is 13.3. The van der Waals surface area contributed by atoms with Crippen molar-refractivity contribution >= 4 is 40.0 Å². The Balaban J connectivity index is 1.73. The summed E-state index contributed by atoms with van der Waals surface area (Å²) in [6, 6.07) is 12.9. The van der Waals surface area contributed by atoms with Gasteiger partial charge >= 0.3 is 0 Å². The van der Waals surface area contributed by atoms with Crippen LogP contribution in [0.4, 0.5) is 10.1 Å². The van der Waals surface area contributed by atoms with Gasteiger partial charge in [-0.25, -0.2) is 9.37 Å². The molecular weight excluding hydrogens is 461 g/mol. The number of hydrogen-bond donors (Lipinski definition) is 1. The van der Waals surface area contributed by atoms with E-state index in [1.54, 1.807) is 37.3 Å². The molecule has 0 aliphatic rings. The predicted molar refractivity (Wildman–Crippen MR) is 127 cm³/mol. The summed E-state index contributed by atoms with van der Waals surface area (Å²) in [5.74, 6) is -1.03. The van der Waals surface area contributed by atoms with Crippen molar-refractivity contribution in [3.05, 3.63) is 98.7 Å². The summed E-state index contributed by atoms with van der Waals surface area (Å²) in [6.45, 7) is 1.53. The third-order valence-electron chi connectivity index (χ3n) is 5.16. The van der Waals surface area contributed by atoms with E-state index < -0.39 is 22.9 Å². The molecule has 0 fully saturated rings. The zero-order valence-corrected chi connectivity index (χ0v) is 19.0. The number of nitrogens with zero attached hydrogens (tertiary/aromatic N) is 2. The third-order valence-corrected chi connectivity index (χ3v) is 5.46. The predicted octanol–water partition coefficient (Wildman–Crippen LogP) is 4.38. The zero-order valence-electron chi connectivity index (χ0n) is 18.3. The number of carbonyl (C=O) groups is 2. The van der Waals surface area contributed by atoms with E-state index in [2.05, 4.69) is 10.3 Å². The van der Waals surface area contributed by atoms with Gasteiger partial charge in [-0.3, -0.25) is 14.4 Å². The van der Waals surface area contributed by atoms with E-state index in [4.69, 9.17) is 16.3 Å². The van der Waals surface area contributed by atoms with Gasteiger partial charge in [-0.15, -0.1) is 0 Å². The summed E-state index contributed by atoms with van der Waals surface area (Å²) in [5, 5.41) is 3.26. The van der Waals surface area contributed by atoms with Crippen molar-refractivity contribution in [2.24, 2.45) is 0 Å². The van der Waals surface area contributed by atoms with Crippen LogP contribution in [0.3, 0.4) is 0 Å². The monoisotopic (exact) mass is 479 g/mol. The molecule has 172 valence electrons. The lowest BCUT2D eigenvalue weighted by molar-refractivity contribution is -0.116. The standard InChI is InChI=1S/C25H19ClFN3O4/c1-14-3-9-18-24(33)19(23(32)15-4-6-16(27)7-5-15)12-30(25(18)28-14)13-22(31)29-17-8-10-21(34-2)20(26)11-17/h3-12H,13H2,1-2H3,(H,29,31). The highest BCUT2D eigenvalue weighted by Gasteiger charge is 2.19. The van der Waals surface area contributed by atoms with E-state index in [9.17, 15) is 18.8 Å². The molecule has 0 unspecified atom stereocenters. The molecule has 2 aromatic carbocycles. The number of carbonyl (C=O) groups excluding carboxylic acids is 2. The number of methoxy groups -OCH3 is 1. The second-order valence-corrected chi connectivity index (χ2v) is 7.96. The lowest BCUT2D eigenvalue weighted by atomic mass is 10.0. The number of aryl methyl sites for hydroxylation is 1. The molecule has 0 aliphatic carbocycles. The Morgan fingerprint density at radius 3 is 2.53 bits per heavy atom. The topological polar surface area (TPSA) is 90.3 Å². The van der Waals surface area contributed by atoms with E-state index in [0.29, 0.717) is 22.2 Å².